The summed E-state index contributed by atoms with van der Waals surface area (Å²) in [4.78, 5) is 29.0. The Hall–Kier alpha value is -1.88. The van der Waals surface area contributed by atoms with Crippen molar-refractivity contribution in [2.24, 2.45) is 11.1 Å². The van der Waals surface area contributed by atoms with Gasteiger partial charge in [0.2, 0.25) is 11.8 Å². The molecule has 3 rings (SSSR count). The van der Waals surface area contributed by atoms with Crippen molar-refractivity contribution in [2.75, 3.05) is 32.7 Å². The van der Waals surface area contributed by atoms with Gasteiger partial charge in [-0.15, -0.1) is 0 Å². The van der Waals surface area contributed by atoms with Gasteiger partial charge in [-0.25, -0.2) is 0 Å². The van der Waals surface area contributed by atoms with E-state index in [1.807, 2.05) is 28.0 Å². The van der Waals surface area contributed by atoms with Gasteiger partial charge in [0, 0.05) is 39.1 Å². The maximum Gasteiger partial charge on any atom is 0.230 e. The maximum atomic E-state index is 12.9. The maximum absolute atomic E-state index is 12.9. The van der Waals surface area contributed by atoms with Gasteiger partial charge in [0.15, 0.2) is 0 Å². The number of amides is 2. The fourth-order valence-electron chi connectivity index (χ4n) is 4.38. The number of piperidine rings is 2. The van der Waals surface area contributed by atoms with Gasteiger partial charge in [-0.05, 0) is 37.2 Å². The number of hydrogen-bond acceptors (Lipinski definition) is 3. The molecule has 0 radical (unpaired) electrons. The Morgan fingerprint density at radius 2 is 1.92 bits per heavy atom. The van der Waals surface area contributed by atoms with Crippen molar-refractivity contribution in [3.05, 3.63) is 35.9 Å². The van der Waals surface area contributed by atoms with Crippen LogP contribution in [0.25, 0.3) is 0 Å². The molecule has 5 nitrogen and oxygen atoms in total. The van der Waals surface area contributed by atoms with E-state index >= 15 is 0 Å². The van der Waals surface area contributed by atoms with E-state index in [1.165, 1.54) is 0 Å². The SMILES string of the molecule is CCN1CC2(CCN(C(=O)CCN)CC2)C[C@H](c2ccccc2)C1=O. The number of nitrogens with two attached hydrogens (primary N) is 1. The highest BCUT2D eigenvalue weighted by Crippen LogP contribution is 2.45. The smallest absolute Gasteiger partial charge is 0.230 e. The van der Waals surface area contributed by atoms with Crippen molar-refractivity contribution in [1.29, 1.82) is 0 Å². The van der Waals surface area contributed by atoms with Crippen LogP contribution in [0.4, 0.5) is 0 Å². The molecule has 1 atom stereocenters. The van der Waals surface area contributed by atoms with Gasteiger partial charge in [-0.3, -0.25) is 9.59 Å². The van der Waals surface area contributed by atoms with E-state index in [0.29, 0.717) is 13.0 Å². The highest BCUT2D eigenvalue weighted by atomic mass is 16.2. The number of benzene rings is 1. The van der Waals surface area contributed by atoms with E-state index in [2.05, 4.69) is 19.1 Å². The molecule has 2 fully saturated rings. The summed E-state index contributed by atoms with van der Waals surface area (Å²) in [5, 5.41) is 0. The van der Waals surface area contributed by atoms with Crippen LogP contribution in [0.5, 0.6) is 0 Å². The first-order valence-electron chi connectivity index (χ1n) is 9.40. The monoisotopic (exact) mass is 343 g/mol. The van der Waals surface area contributed by atoms with E-state index in [1.54, 1.807) is 0 Å². The molecule has 0 bridgehead atoms. The Bertz CT molecular complexity index is 609. The van der Waals surface area contributed by atoms with Crippen LogP contribution in [0.3, 0.4) is 0 Å². The molecular formula is C20H29N3O2. The standard InChI is InChI=1S/C20H29N3O2/c1-2-22-15-20(9-12-23(13-10-20)18(24)8-11-21)14-17(19(22)25)16-6-4-3-5-7-16/h3-7,17H,2,8-15,21H2,1H3/t17-/m1/s1. The van der Waals surface area contributed by atoms with Crippen LogP contribution in [-0.2, 0) is 9.59 Å². The fraction of sp³-hybridized carbons (Fsp3) is 0.600. The van der Waals surface area contributed by atoms with Crippen LogP contribution in [0.2, 0.25) is 0 Å². The topological polar surface area (TPSA) is 66.6 Å². The Labute approximate surface area is 150 Å². The fourth-order valence-corrected chi connectivity index (χ4v) is 4.38. The summed E-state index contributed by atoms with van der Waals surface area (Å²) in [6.07, 6.45) is 3.26. The Kier molecular flexibility index (Phi) is 5.42. The second kappa shape index (κ2) is 7.56. The summed E-state index contributed by atoms with van der Waals surface area (Å²) < 4.78 is 0. The van der Waals surface area contributed by atoms with E-state index < -0.39 is 0 Å². The lowest BCUT2D eigenvalue weighted by molar-refractivity contribution is -0.144. The van der Waals surface area contributed by atoms with E-state index in [9.17, 15) is 9.59 Å². The second-order valence-electron chi connectivity index (χ2n) is 7.44. The van der Waals surface area contributed by atoms with Crippen molar-refractivity contribution in [3.8, 4) is 0 Å². The van der Waals surface area contributed by atoms with E-state index in [4.69, 9.17) is 5.73 Å². The lowest BCUT2D eigenvalue weighted by Crippen LogP contribution is -2.54. The average Bonchev–Trinajstić information content (AvgIpc) is 2.65. The van der Waals surface area contributed by atoms with Gasteiger partial charge in [0.1, 0.15) is 0 Å². The molecule has 2 aliphatic rings. The zero-order valence-corrected chi connectivity index (χ0v) is 15.1. The molecule has 136 valence electrons. The summed E-state index contributed by atoms with van der Waals surface area (Å²) in [6, 6.07) is 10.1. The minimum Gasteiger partial charge on any atom is -0.343 e. The van der Waals surface area contributed by atoms with Crippen molar-refractivity contribution in [2.45, 2.75) is 38.5 Å². The summed E-state index contributed by atoms with van der Waals surface area (Å²) in [6.45, 7) is 5.61. The van der Waals surface area contributed by atoms with Crippen LogP contribution in [0.1, 0.15) is 44.1 Å². The highest BCUT2D eigenvalue weighted by Gasteiger charge is 2.46. The third-order valence-electron chi connectivity index (χ3n) is 5.89. The molecule has 1 aromatic rings. The van der Waals surface area contributed by atoms with Crippen LogP contribution in [0.15, 0.2) is 30.3 Å². The highest BCUT2D eigenvalue weighted by molar-refractivity contribution is 5.85. The van der Waals surface area contributed by atoms with Crippen molar-refractivity contribution < 1.29 is 9.59 Å². The van der Waals surface area contributed by atoms with Gasteiger partial charge >= 0.3 is 0 Å². The molecule has 0 aromatic heterocycles. The first-order chi connectivity index (χ1) is 12.1. The number of likely N-dealkylation sites (N-methyl/N-ethyl adjacent to an activating group) is 1. The molecule has 2 aliphatic heterocycles. The van der Waals surface area contributed by atoms with Gasteiger partial charge in [0.05, 0.1) is 5.92 Å². The third kappa shape index (κ3) is 3.71. The molecule has 0 unspecified atom stereocenters. The summed E-state index contributed by atoms with van der Waals surface area (Å²) in [7, 11) is 0. The van der Waals surface area contributed by atoms with Crippen molar-refractivity contribution in [3.63, 3.8) is 0 Å². The molecular weight excluding hydrogens is 314 g/mol. The quantitative estimate of drug-likeness (QED) is 0.909. The number of hydrogen-bond donors (Lipinski definition) is 1. The molecule has 0 aliphatic carbocycles. The van der Waals surface area contributed by atoms with Gasteiger partial charge < -0.3 is 15.5 Å². The lowest BCUT2D eigenvalue weighted by atomic mass is 9.67. The molecule has 2 saturated heterocycles. The molecule has 1 spiro atoms. The van der Waals surface area contributed by atoms with Crippen molar-refractivity contribution >= 4 is 11.8 Å². The molecule has 2 amide bonds. The van der Waals surface area contributed by atoms with Gasteiger partial charge in [0.25, 0.3) is 0 Å². The predicted octanol–water partition coefficient (Wildman–Crippen LogP) is 1.98. The molecule has 1 aromatic carbocycles. The Morgan fingerprint density at radius 1 is 1.24 bits per heavy atom. The molecule has 5 heteroatoms. The number of likely N-dealkylation sites (tertiary alicyclic amines) is 2. The molecule has 2 N–H and O–H groups in total. The largest absolute Gasteiger partial charge is 0.343 e. The van der Waals surface area contributed by atoms with Crippen LogP contribution < -0.4 is 5.73 Å². The predicted molar refractivity (Wildman–Crippen MR) is 98.0 cm³/mol. The minimum absolute atomic E-state index is 0.0545. The first-order valence-corrected chi connectivity index (χ1v) is 9.40. The number of carbonyl (C=O) groups is 2. The second-order valence-corrected chi connectivity index (χ2v) is 7.44. The summed E-state index contributed by atoms with van der Waals surface area (Å²) in [5.41, 5.74) is 6.76. The van der Waals surface area contributed by atoms with Crippen LogP contribution >= 0.6 is 0 Å². The van der Waals surface area contributed by atoms with E-state index in [0.717, 1.165) is 51.0 Å². The van der Waals surface area contributed by atoms with E-state index in [-0.39, 0.29) is 23.1 Å². The number of nitrogens with zero attached hydrogens (tertiary/aromatic N) is 2. The Morgan fingerprint density at radius 3 is 2.52 bits per heavy atom. The Balaban J connectivity index is 1.76. The lowest BCUT2D eigenvalue weighted by Gasteiger charge is -2.49. The average molecular weight is 343 g/mol. The van der Waals surface area contributed by atoms with Crippen LogP contribution in [-0.4, -0.2) is 54.3 Å². The minimum atomic E-state index is -0.0545. The molecule has 2 heterocycles. The van der Waals surface area contributed by atoms with Crippen LogP contribution in [0, 0.1) is 5.41 Å². The zero-order chi connectivity index (χ0) is 17.9. The number of rotatable bonds is 4. The van der Waals surface area contributed by atoms with Crippen molar-refractivity contribution in [1.82, 2.24) is 9.80 Å². The third-order valence-corrected chi connectivity index (χ3v) is 5.89. The molecule has 0 saturated carbocycles. The zero-order valence-electron chi connectivity index (χ0n) is 15.1. The summed E-state index contributed by atoms with van der Waals surface area (Å²) in [5.74, 6) is 0.360. The summed E-state index contributed by atoms with van der Waals surface area (Å²) >= 11 is 0. The van der Waals surface area contributed by atoms with Gasteiger partial charge in [-0.1, -0.05) is 30.3 Å². The first kappa shape index (κ1) is 17.9. The van der Waals surface area contributed by atoms with Gasteiger partial charge in [-0.2, -0.15) is 0 Å². The number of carbonyl (C=O) groups excluding carboxylic acids is 2. The normalized spacial score (nSPS) is 23.1. The molecule has 25 heavy (non-hydrogen) atoms.